The van der Waals surface area contributed by atoms with Crippen LogP contribution >= 0.6 is 0 Å². The van der Waals surface area contributed by atoms with Crippen LogP contribution in [0.15, 0.2) is 23.4 Å². The average molecular weight is 177 g/mol. The number of hydrogen-bond donors (Lipinski definition) is 0. The van der Waals surface area contributed by atoms with E-state index in [0.717, 1.165) is 6.04 Å². The highest BCUT2D eigenvalue weighted by atomic mass is 15.2. The fourth-order valence-corrected chi connectivity index (χ4v) is 2.53. The van der Waals surface area contributed by atoms with Gasteiger partial charge in [0.15, 0.2) is 0 Å². The first-order chi connectivity index (χ1) is 6.18. The van der Waals surface area contributed by atoms with E-state index in [4.69, 9.17) is 0 Å². The maximum Gasteiger partial charge on any atom is 0.0474 e. The highest BCUT2D eigenvalue weighted by Crippen LogP contribution is 2.30. The van der Waals surface area contributed by atoms with Gasteiger partial charge in [-0.05, 0) is 51.2 Å². The molecule has 0 spiro atoms. The Morgan fingerprint density at radius 1 is 1.38 bits per heavy atom. The molecular weight excluding hydrogens is 158 g/mol. The first kappa shape index (κ1) is 8.86. The minimum atomic E-state index is 0.640. The zero-order valence-electron chi connectivity index (χ0n) is 8.88. The van der Waals surface area contributed by atoms with Crippen molar-refractivity contribution in [3.05, 3.63) is 23.4 Å². The molecule has 72 valence electrons. The average Bonchev–Trinajstić information content (AvgIpc) is 2.19. The molecule has 0 aromatic rings. The molecule has 0 aliphatic carbocycles. The summed E-state index contributed by atoms with van der Waals surface area (Å²) < 4.78 is 0. The van der Waals surface area contributed by atoms with E-state index in [9.17, 15) is 0 Å². The lowest BCUT2D eigenvalue weighted by atomic mass is 9.99. The van der Waals surface area contributed by atoms with E-state index < -0.39 is 0 Å². The van der Waals surface area contributed by atoms with Crippen LogP contribution in [0.5, 0.6) is 0 Å². The van der Waals surface area contributed by atoms with Gasteiger partial charge in [-0.3, -0.25) is 0 Å². The van der Waals surface area contributed by atoms with Crippen LogP contribution < -0.4 is 0 Å². The van der Waals surface area contributed by atoms with Gasteiger partial charge < -0.3 is 4.90 Å². The minimum Gasteiger partial charge on any atom is -0.368 e. The van der Waals surface area contributed by atoms with Gasteiger partial charge in [0.05, 0.1) is 0 Å². The van der Waals surface area contributed by atoms with Gasteiger partial charge in [-0.25, -0.2) is 0 Å². The predicted molar refractivity (Wildman–Crippen MR) is 56.5 cm³/mol. The van der Waals surface area contributed by atoms with Crippen molar-refractivity contribution >= 4 is 0 Å². The molecule has 1 heteroatoms. The summed E-state index contributed by atoms with van der Waals surface area (Å²) in [5, 5.41) is 0. The van der Waals surface area contributed by atoms with Crippen LogP contribution in [-0.4, -0.2) is 17.0 Å². The second-order valence-corrected chi connectivity index (χ2v) is 4.46. The van der Waals surface area contributed by atoms with E-state index in [-0.39, 0.29) is 0 Å². The lowest BCUT2D eigenvalue weighted by molar-refractivity contribution is 0.250. The molecule has 2 unspecified atom stereocenters. The zero-order valence-corrected chi connectivity index (χ0v) is 8.88. The van der Waals surface area contributed by atoms with E-state index in [1.165, 1.54) is 24.8 Å². The third-order valence-electron chi connectivity index (χ3n) is 3.35. The van der Waals surface area contributed by atoms with Crippen LogP contribution in [0.1, 0.15) is 40.0 Å². The number of rotatable bonds is 0. The Bertz CT molecular complexity index is 262. The Labute approximate surface area is 81.1 Å². The van der Waals surface area contributed by atoms with Crippen molar-refractivity contribution in [2.45, 2.75) is 52.1 Å². The fourth-order valence-electron chi connectivity index (χ4n) is 2.53. The van der Waals surface area contributed by atoms with E-state index in [1.807, 2.05) is 0 Å². The molecule has 0 aromatic heterocycles. The summed E-state index contributed by atoms with van der Waals surface area (Å²) in [6.07, 6.45) is 8.69. The first-order valence-electron chi connectivity index (χ1n) is 5.35. The Morgan fingerprint density at radius 3 is 2.92 bits per heavy atom. The molecule has 0 N–H and O–H groups in total. The van der Waals surface area contributed by atoms with Gasteiger partial charge in [0, 0.05) is 18.3 Å². The maximum atomic E-state index is 2.53. The Morgan fingerprint density at radius 2 is 2.15 bits per heavy atom. The zero-order chi connectivity index (χ0) is 9.42. The van der Waals surface area contributed by atoms with Crippen molar-refractivity contribution in [1.82, 2.24) is 4.90 Å². The SMILES string of the molecule is CC1=CN2C(C)CCCC(=C1)C2C. The van der Waals surface area contributed by atoms with E-state index in [1.54, 1.807) is 5.57 Å². The van der Waals surface area contributed by atoms with Gasteiger partial charge >= 0.3 is 0 Å². The van der Waals surface area contributed by atoms with Gasteiger partial charge in [-0.1, -0.05) is 6.08 Å². The van der Waals surface area contributed by atoms with Gasteiger partial charge in [-0.15, -0.1) is 0 Å². The summed E-state index contributed by atoms with van der Waals surface area (Å²) in [6.45, 7) is 6.88. The van der Waals surface area contributed by atoms with Crippen LogP contribution in [0.2, 0.25) is 0 Å². The number of hydrogen-bond acceptors (Lipinski definition) is 1. The molecule has 1 saturated heterocycles. The minimum absolute atomic E-state index is 0.640. The topological polar surface area (TPSA) is 3.24 Å². The third-order valence-corrected chi connectivity index (χ3v) is 3.35. The molecule has 0 amide bonds. The second kappa shape index (κ2) is 3.21. The molecule has 1 nitrogen and oxygen atoms in total. The van der Waals surface area contributed by atoms with Crippen molar-refractivity contribution < 1.29 is 0 Å². The van der Waals surface area contributed by atoms with Crippen molar-refractivity contribution in [2.24, 2.45) is 0 Å². The molecule has 0 radical (unpaired) electrons. The normalized spacial score (nSPS) is 33.6. The maximum absolute atomic E-state index is 2.53. The van der Waals surface area contributed by atoms with Crippen LogP contribution in [0, 0.1) is 0 Å². The van der Waals surface area contributed by atoms with E-state index >= 15 is 0 Å². The van der Waals surface area contributed by atoms with Gasteiger partial charge in [0.2, 0.25) is 0 Å². The van der Waals surface area contributed by atoms with Crippen LogP contribution in [0.25, 0.3) is 0 Å². The van der Waals surface area contributed by atoms with Crippen LogP contribution in [0.3, 0.4) is 0 Å². The standard InChI is InChI=1S/C12H19N/c1-9-7-12-6-4-5-10(2)13(8-9)11(12)3/h7-8,10-11H,4-6H2,1-3H3. The van der Waals surface area contributed by atoms with Crippen LogP contribution in [-0.2, 0) is 0 Å². The van der Waals surface area contributed by atoms with Crippen molar-refractivity contribution in [2.75, 3.05) is 0 Å². The molecule has 0 aromatic carbocycles. The van der Waals surface area contributed by atoms with E-state index in [0.29, 0.717) is 6.04 Å². The highest BCUT2D eigenvalue weighted by molar-refractivity contribution is 5.30. The first-order valence-corrected chi connectivity index (χ1v) is 5.35. The second-order valence-electron chi connectivity index (χ2n) is 4.46. The number of nitrogens with zero attached hydrogens (tertiary/aromatic N) is 1. The molecule has 0 saturated carbocycles. The lowest BCUT2D eigenvalue weighted by Gasteiger charge is -2.35. The van der Waals surface area contributed by atoms with Crippen molar-refractivity contribution in [3.63, 3.8) is 0 Å². The summed E-state index contributed by atoms with van der Waals surface area (Å²) in [4.78, 5) is 2.53. The van der Waals surface area contributed by atoms with Gasteiger partial charge in [-0.2, -0.15) is 0 Å². The largest absolute Gasteiger partial charge is 0.368 e. The Kier molecular flexibility index (Phi) is 2.19. The molecule has 2 aliphatic heterocycles. The highest BCUT2D eigenvalue weighted by Gasteiger charge is 2.25. The quantitative estimate of drug-likeness (QED) is 0.549. The summed E-state index contributed by atoms with van der Waals surface area (Å²) in [5.74, 6) is 0. The predicted octanol–water partition coefficient (Wildman–Crippen LogP) is 3.09. The van der Waals surface area contributed by atoms with Crippen molar-refractivity contribution in [3.8, 4) is 0 Å². The lowest BCUT2D eigenvalue weighted by Crippen LogP contribution is -2.37. The van der Waals surface area contributed by atoms with E-state index in [2.05, 4.69) is 37.9 Å². The van der Waals surface area contributed by atoms with Crippen molar-refractivity contribution in [1.29, 1.82) is 0 Å². The number of allylic oxidation sites excluding steroid dienone is 2. The van der Waals surface area contributed by atoms with Gasteiger partial charge in [0.25, 0.3) is 0 Å². The Hall–Kier alpha value is -0.720. The smallest absolute Gasteiger partial charge is 0.0474 e. The molecular formula is C12H19N. The molecule has 1 fully saturated rings. The summed E-state index contributed by atoms with van der Waals surface area (Å²) in [5.41, 5.74) is 3.05. The van der Waals surface area contributed by atoms with Crippen LogP contribution in [0.4, 0.5) is 0 Å². The Balaban J connectivity index is 2.34. The monoisotopic (exact) mass is 177 g/mol. The molecule has 2 atom stereocenters. The summed E-state index contributed by atoms with van der Waals surface area (Å²) in [7, 11) is 0. The molecule has 13 heavy (non-hydrogen) atoms. The third kappa shape index (κ3) is 1.52. The molecule has 2 bridgehead atoms. The summed E-state index contributed by atoms with van der Waals surface area (Å²) >= 11 is 0. The molecule has 2 rings (SSSR count). The van der Waals surface area contributed by atoms with Gasteiger partial charge in [0.1, 0.15) is 0 Å². The molecule has 2 heterocycles. The molecule has 2 aliphatic rings. The summed E-state index contributed by atoms with van der Waals surface area (Å²) in [6, 6.07) is 1.36. The number of fused-ring (bicyclic) bond motifs is 2. The fraction of sp³-hybridized carbons (Fsp3) is 0.667.